The molecule has 19 heavy (non-hydrogen) atoms. The molecule has 0 fully saturated rings. The van der Waals surface area contributed by atoms with E-state index in [9.17, 15) is 24.9 Å². The van der Waals surface area contributed by atoms with Crippen molar-refractivity contribution >= 4 is 11.8 Å². The Labute approximate surface area is 108 Å². The van der Waals surface area contributed by atoms with Crippen LogP contribution in [-0.4, -0.2) is 85.1 Å². The monoisotopic (exact) mass is 282 g/mol. The van der Waals surface area contributed by atoms with Crippen LogP contribution in [0.3, 0.4) is 0 Å². The normalized spacial score (nSPS) is 19.3. The Kier molecular flexibility index (Phi) is 7.68. The van der Waals surface area contributed by atoms with E-state index in [1.807, 2.05) is 0 Å². The van der Waals surface area contributed by atoms with Crippen molar-refractivity contribution in [2.75, 3.05) is 13.2 Å². The average Bonchev–Trinajstić information content (AvgIpc) is 2.37. The summed E-state index contributed by atoms with van der Waals surface area (Å²) < 4.78 is 0. The van der Waals surface area contributed by atoms with Gasteiger partial charge in [-0.3, -0.25) is 4.79 Å². The van der Waals surface area contributed by atoms with Crippen LogP contribution in [0.4, 0.5) is 0 Å². The fourth-order valence-electron chi connectivity index (χ4n) is 1.47. The molecule has 0 amide bonds. The number of Topliss-reactive ketones (excluding diaryl/α,β-unsaturated/α-hetero) is 1. The average molecular weight is 282 g/mol. The third kappa shape index (κ3) is 5.19. The third-order valence-corrected chi connectivity index (χ3v) is 2.71. The van der Waals surface area contributed by atoms with Gasteiger partial charge < -0.3 is 35.7 Å². The topological polar surface area (TPSA) is 176 Å². The second-order valence-electron chi connectivity index (χ2n) is 4.08. The number of carbonyl (C=O) groups excluding carboxylic acids is 1. The minimum Gasteiger partial charge on any atom is -0.475 e. The van der Waals surface area contributed by atoms with Crippen molar-refractivity contribution in [3.8, 4) is 0 Å². The number of carboxylic acids is 1. The van der Waals surface area contributed by atoms with E-state index in [0.717, 1.165) is 0 Å². The SMILES string of the molecule is O=C(O)C(=O)C[C@H](O)[C@@H](CO)[C@@H](O)[C@H](O)[C@H](O)CO. The molecule has 0 saturated carbocycles. The summed E-state index contributed by atoms with van der Waals surface area (Å²) in [6, 6.07) is 0. The molecule has 9 heteroatoms. The van der Waals surface area contributed by atoms with Crippen molar-refractivity contribution < 1.29 is 45.3 Å². The van der Waals surface area contributed by atoms with Gasteiger partial charge in [0.15, 0.2) is 0 Å². The second-order valence-corrected chi connectivity index (χ2v) is 4.08. The van der Waals surface area contributed by atoms with Gasteiger partial charge in [0.05, 0.1) is 25.4 Å². The van der Waals surface area contributed by atoms with E-state index in [1.165, 1.54) is 0 Å². The lowest BCUT2D eigenvalue weighted by Gasteiger charge is -2.30. The maximum atomic E-state index is 10.9. The predicted octanol–water partition coefficient (Wildman–Crippen LogP) is -3.93. The lowest BCUT2D eigenvalue weighted by molar-refractivity contribution is -0.152. The van der Waals surface area contributed by atoms with Crippen molar-refractivity contribution in [1.29, 1.82) is 0 Å². The molecular weight excluding hydrogens is 264 g/mol. The summed E-state index contributed by atoms with van der Waals surface area (Å²) in [7, 11) is 0. The summed E-state index contributed by atoms with van der Waals surface area (Å²) >= 11 is 0. The Bertz CT molecular complexity index is 305. The molecule has 0 spiro atoms. The van der Waals surface area contributed by atoms with Crippen LogP contribution in [0.5, 0.6) is 0 Å². The Hall–Kier alpha value is -1.10. The molecule has 0 unspecified atom stereocenters. The van der Waals surface area contributed by atoms with Crippen LogP contribution in [0.15, 0.2) is 0 Å². The molecule has 0 bridgehead atoms. The van der Waals surface area contributed by atoms with Crippen molar-refractivity contribution in [3.05, 3.63) is 0 Å². The molecule has 0 aliphatic carbocycles. The Balaban J connectivity index is 4.71. The molecule has 112 valence electrons. The molecule has 0 radical (unpaired) electrons. The number of hydrogen-bond acceptors (Lipinski definition) is 8. The van der Waals surface area contributed by atoms with Crippen molar-refractivity contribution in [2.45, 2.75) is 30.8 Å². The molecule has 0 heterocycles. The van der Waals surface area contributed by atoms with Gasteiger partial charge in [0, 0.05) is 12.3 Å². The van der Waals surface area contributed by atoms with Crippen molar-refractivity contribution in [2.24, 2.45) is 5.92 Å². The highest BCUT2D eigenvalue weighted by atomic mass is 16.4. The molecule has 0 aliphatic heterocycles. The van der Waals surface area contributed by atoms with Crippen LogP contribution < -0.4 is 0 Å². The first-order valence-electron chi connectivity index (χ1n) is 5.46. The van der Waals surface area contributed by atoms with Crippen molar-refractivity contribution in [1.82, 2.24) is 0 Å². The molecule has 0 rings (SSSR count). The summed E-state index contributed by atoms with van der Waals surface area (Å²) in [4.78, 5) is 21.2. The number of carboxylic acid groups (broad SMARTS) is 1. The van der Waals surface area contributed by atoms with Gasteiger partial charge in [-0.2, -0.15) is 0 Å². The van der Waals surface area contributed by atoms with E-state index < -0.39 is 61.7 Å². The molecular formula is C10H18O9. The maximum Gasteiger partial charge on any atom is 0.372 e. The number of aliphatic hydroxyl groups is 6. The van der Waals surface area contributed by atoms with Gasteiger partial charge in [-0.25, -0.2) is 4.79 Å². The zero-order valence-corrected chi connectivity index (χ0v) is 9.96. The zero-order valence-electron chi connectivity index (χ0n) is 9.96. The fraction of sp³-hybridized carbons (Fsp3) is 0.800. The fourth-order valence-corrected chi connectivity index (χ4v) is 1.47. The molecule has 0 aliphatic rings. The summed E-state index contributed by atoms with van der Waals surface area (Å²) in [5.41, 5.74) is 0. The number of hydrogen-bond donors (Lipinski definition) is 7. The molecule has 5 atom stereocenters. The number of rotatable bonds is 9. The first kappa shape index (κ1) is 17.9. The van der Waals surface area contributed by atoms with E-state index in [1.54, 1.807) is 0 Å². The van der Waals surface area contributed by atoms with Crippen LogP contribution in [0, 0.1) is 5.92 Å². The van der Waals surface area contributed by atoms with Crippen LogP contribution >= 0.6 is 0 Å². The second kappa shape index (κ2) is 8.15. The number of carbonyl (C=O) groups is 2. The van der Waals surface area contributed by atoms with Gasteiger partial charge in [0.25, 0.3) is 0 Å². The van der Waals surface area contributed by atoms with Gasteiger partial charge >= 0.3 is 5.97 Å². The highest BCUT2D eigenvalue weighted by Crippen LogP contribution is 2.17. The van der Waals surface area contributed by atoms with Gasteiger partial charge in [0.2, 0.25) is 5.78 Å². The lowest BCUT2D eigenvalue weighted by Crippen LogP contribution is -2.48. The molecule has 7 N–H and O–H groups in total. The van der Waals surface area contributed by atoms with E-state index in [-0.39, 0.29) is 0 Å². The van der Waals surface area contributed by atoms with E-state index in [2.05, 4.69) is 0 Å². The van der Waals surface area contributed by atoms with E-state index >= 15 is 0 Å². The summed E-state index contributed by atoms with van der Waals surface area (Å²) in [5, 5.41) is 63.6. The van der Waals surface area contributed by atoms with E-state index in [4.69, 9.17) is 20.4 Å². The van der Waals surface area contributed by atoms with Gasteiger partial charge in [-0.1, -0.05) is 0 Å². The minimum absolute atomic E-state index is 0.857. The Morgan fingerprint density at radius 2 is 1.37 bits per heavy atom. The first-order valence-corrected chi connectivity index (χ1v) is 5.46. The summed E-state index contributed by atoms with van der Waals surface area (Å²) in [5.74, 6) is -4.55. The van der Waals surface area contributed by atoms with Crippen LogP contribution in [-0.2, 0) is 9.59 Å². The smallest absolute Gasteiger partial charge is 0.372 e. The quantitative estimate of drug-likeness (QED) is 0.208. The highest BCUT2D eigenvalue weighted by Gasteiger charge is 2.36. The Morgan fingerprint density at radius 3 is 1.74 bits per heavy atom. The summed E-state index contributed by atoms with van der Waals surface area (Å²) in [6.45, 7) is -1.72. The molecule has 0 saturated heterocycles. The largest absolute Gasteiger partial charge is 0.475 e. The Morgan fingerprint density at radius 1 is 0.842 bits per heavy atom. The molecule has 9 nitrogen and oxygen atoms in total. The number of aliphatic carboxylic acids is 1. The lowest BCUT2D eigenvalue weighted by atomic mass is 9.88. The molecule has 0 aromatic rings. The third-order valence-electron chi connectivity index (χ3n) is 2.71. The standard InChI is InChI=1S/C10H18O9/c11-2-4(5(13)1-6(14)10(18)19)8(16)9(17)7(15)3-12/h4-5,7-9,11-13,15-17H,1-3H2,(H,18,19)/t4-,5+,7-,8-,9-/m1/s1. The van der Waals surface area contributed by atoms with Crippen LogP contribution in [0.25, 0.3) is 0 Å². The van der Waals surface area contributed by atoms with Crippen LogP contribution in [0.2, 0.25) is 0 Å². The van der Waals surface area contributed by atoms with Gasteiger partial charge in [0.1, 0.15) is 12.2 Å². The number of ketones is 1. The first-order chi connectivity index (χ1) is 8.76. The summed E-state index contributed by atoms with van der Waals surface area (Å²) in [6.07, 6.45) is -7.99. The number of aliphatic hydroxyl groups excluding tert-OH is 6. The van der Waals surface area contributed by atoms with Crippen LogP contribution in [0.1, 0.15) is 6.42 Å². The zero-order chi connectivity index (χ0) is 15.2. The van der Waals surface area contributed by atoms with Gasteiger partial charge in [-0.05, 0) is 0 Å². The predicted molar refractivity (Wildman–Crippen MR) is 58.9 cm³/mol. The maximum absolute atomic E-state index is 10.9. The van der Waals surface area contributed by atoms with E-state index in [0.29, 0.717) is 0 Å². The molecule has 0 aromatic carbocycles. The van der Waals surface area contributed by atoms with Crippen molar-refractivity contribution in [3.63, 3.8) is 0 Å². The molecule has 0 aromatic heterocycles. The van der Waals surface area contributed by atoms with Gasteiger partial charge in [-0.15, -0.1) is 0 Å². The minimum atomic E-state index is -1.86. The highest BCUT2D eigenvalue weighted by molar-refractivity contribution is 6.32.